The Morgan fingerprint density at radius 1 is 0.933 bits per heavy atom. The van der Waals surface area contributed by atoms with E-state index >= 15 is 0 Å². The van der Waals surface area contributed by atoms with Gasteiger partial charge in [0.2, 0.25) is 11.9 Å². The molecule has 226 valence electrons. The van der Waals surface area contributed by atoms with Gasteiger partial charge in [-0.3, -0.25) is 9.20 Å². The monoisotopic (exact) mass is 613 g/mol. The van der Waals surface area contributed by atoms with E-state index < -0.39 is 0 Å². The van der Waals surface area contributed by atoms with Gasteiger partial charge >= 0.3 is 0 Å². The van der Waals surface area contributed by atoms with Crippen molar-refractivity contribution in [3.05, 3.63) is 113 Å². The summed E-state index contributed by atoms with van der Waals surface area (Å²) in [5, 5.41) is 8.43. The van der Waals surface area contributed by atoms with Crippen LogP contribution in [0.3, 0.4) is 0 Å². The number of hydrogen-bond acceptors (Lipinski definition) is 7. The molecule has 2 N–H and O–H groups in total. The van der Waals surface area contributed by atoms with Crippen molar-refractivity contribution < 1.29 is 4.79 Å². The number of carbonyl (C=O) groups excluding carboxylic acids is 1. The van der Waals surface area contributed by atoms with E-state index in [2.05, 4.69) is 51.7 Å². The predicted octanol–water partition coefficient (Wildman–Crippen LogP) is 7.64. The van der Waals surface area contributed by atoms with Gasteiger partial charge in [-0.15, -0.1) is 11.3 Å². The van der Waals surface area contributed by atoms with Crippen LogP contribution in [0.4, 0.5) is 17.3 Å². The first-order valence-corrected chi connectivity index (χ1v) is 16.3. The second-order valence-electron chi connectivity index (χ2n) is 11.3. The van der Waals surface area contributed by atoms with Crippen molar-refractivity contribution in [3.8, 4) is 22.6 Å². The molecule has 0 radical (unpaired) electrons. The van der Waals surface area contributed by atoms with Crippen molar-refractivity contribution in [2.75, 3.05) is 30.3 Å². The highest BCUT2D eigenvalue weighted by molar-refractivity contribution is 7.10. The minimum atomic E-state index is -0.0498. The van der Waals surface area contributed by atoms with E-state index in [-0.39, 0.29) is 5.91 Å². The molecule has 0 aliphatic carbocycles. The number of aromatic nitrogens is 4. The number of anilines is 3. The van der Waals surface area contributed by atoms with Gasteiger partial charge in [-0.05, 0) is 97.9 Å². The molecule has 5 heterocycles. The number of nitrogens with one attached hydrogen (secondary N) is 2. The van der Waals surface area contributed by atoms with Crippen LogP contribution in [0.25, 0.3) is 28.3 Å². The van der Waals surface area contributed by atoms with E-state index in [0.717, 1.165) is 51.1 Å². The van der Waals surface area contributed by atoms with Crippen LogP contribution < -0.4 is 10.6 Å². The standard InChI is InChI=1S/C36H35N7OS/c1-2-42-20-16-26(17-21-42)25-11-13-28(14-12-25)39-36-37-18-15-31(40-36)35-34(41-32-10-3-4-19-43(32)35)27-7-5-8-29(23-27)38-33(44)24-30-9-6-22-45-30/h3-15,18-19,22-23,26H,2,16-17,20-21,24H2,1H3,(H,38,44)(H,37,39,40). The van der Waals surface area contributed by atoms with Crippen LogP contribution in [-0.2, 0) is 11.2 Å². The topological polar surface area (TPSA) is 87.5 Å². The number of fused-ring (bicyclic) bond motifs is 1. The van der Waals surface area contributed by atoms with E-state index in [1.807, 2.05) is 76.6 Å². The molecular weight excluding hydrogens is 579 g/mol. The maximum atomic E-state index is 12.7. The first-order valence-electron chi connectivity index (χ1n) is 15.5. The summed E-state index contributed by atoms with van der Waals surface area (Å²) in [6, 6.07) is 28.3. The smallest absolute Gasteiger partial charge is 0.229 e. The number of nitrogens with zero attached hydrogens (tertiary/aromatic N) is 5. The molecule has 1 amide bonds. The maximum Gasteiger partial charge on any atom is 0.229 e. The largest absolute Gasteiger partial charge is 0.326 e. The van der Waals surface area contributed by atoms with Gasteiger partial charge in [0, 0.05) is 34.2 Å². The Labute approximate surface area is 266 Å². The molecule has 0 saturated carbocycles. The van der Waals surface area contributed by atoms with Crippen LogP contribution >= 0.6 is 11.3 Å². The lowest BCUT2D eigenvalue weighted by atomic mass is 9.89. The molecule has 9 heteroatoms. The van der Waals surface area contributed by atoms with E-state index in [0.29, 0.717) is 18.3 Å². The fourth-order valence-electron chi connectivity index (χ4n) is 6.06. The average molecular weight is 614 g/mol. The van der Waals surface area contributed by atoms with Crippen LogP contribution in [-0.4, -0.2) is 49.8 Å². The van der Waals surface area contributed by atoms with Gasteiger partial charge in [0.1, 0.15) is 5.65 Å². The van der Waals surface area contributed by atoms with Crippen LogP contribution in [0, 0.1) is 0 Å². The van der Waals surface area contributed by atoms with E-state index in [4.69, 9.17) is 9.97 Å². The summed E-state index contributed by atoms with van der Waals surface area (Å²) in [7, 11) is 0. The quantitative estimate of drug-likeness (QED) is 0.174. The number of rotatable bonds is 9. The molecule has 7 rings (SSSR count). The third-order valence-corrected chi connectivity index (χ3v) is 9.31. The molecule has 1 aliphatic rings. The lowest BCUT2D eigenvalue weighted by molar-refractivity contribution is -0.115. The molecule has 1 fully saturated rings. The molecule has 6 aromatic rings. The Morgan fingerprint density at radius 2 is 1.80 bits per heavy atom. The van der Waals surface area contributed by atoms with E-state index in [9.17, 15) is 4.79 Å². The molecule has 45 heavy (non-hydrogen) atoms. The third kappa shape index (κ3) is 6.50. The number of thiophene rings is 1. The number of hydrogen-bond donors (Lipinski definition) is 2. The minimum absolute atomic E-state index is 0.0498. The van der Waals surface area contributed by atoms with Gasteiger partial charge in [-0.2, -0.15) is 0 Å². The maximum absolute atomic E-state index is 12.7. The molecule has 0 spiro atoms. The predicted molar refractivity (Wildman–Crippen MR) is 182 cm³/mol. The molecular formula is C36H35N7OS. The van der Waals surface area contributed by atoms with Crippen molar-refractivity contribution >= 4 is 40.2 Å². The van der Waals surface area contributed by atoms with Crippen LogP contribution in [0.15, 0.2) is 103 Å². The van der Waals surface area contributed by atoms with Crippen molar-refractivity contribution in [2.24, 2.45) is 0 Å². The minimum Gasteiger partial charge on any atom is -0.326 e. The SMILES string of the molecule is CCN1CCC(c2ccc(Nc3nccc(-c4c(-c5cccc(NC(=O)Cc6cccs6)c5)nc5ccccn45)n3)cc2)CC1. The van der Waals surface area contributed by atoms with Crippen LogP contribution in [0.2, 0.25) is 0 Å². The zero-order valence-electron chi connectivity index (χ0n) is 25.2. The second kappa shape index (κ2) is 13.0. The number of carbonyl (C=O) groups is 1. The number of pyridine rings is 1. The molecule has 1 saturated heterocycles. The van der Waals surface area contributed by atoms with Gasteiger partial charge in [0.15, 0.2) is 0 Å². The molecule has 0 atom stereocenters. The summed E-state index contributed by atoms with van der Waals surface area (Å²) in [6.45, 7) is 5.71. The summed E-state index contributed by atoms with van der Waals surface area (Å²) in [6.07, 6.45) is 6.52. The van der Waals surface area contributed by atoms with E-state index in [1.54, 1.807) is 17.5 Å². The van der Waals surface area contributed by atoms with Crippen molar-refractivity contribution in [3.63, 3.8) is 0 Å². The fraction of sp³-hybridized carbons (Fsp3) is 0.222. The summed E-state index contributed by atoms with van der Waals surface area (Å²) < 4.78 is 2.04. The Kier molecular flexibility index (Phi) is 8.35. The summed E-state index contributed by atoms with van der Waals surface area (Å²) in [5.41, 5.74) is 7.14. The summed E-state index contributed by atoms with van der Waals surface area (Å²) >= 11 is 1.58. The van der Waals surface area contributed by atoms with Gasteiger partial charge in [0.25, 0.3) is 0 Å². The second-order valence-corrected chi connectivity index (χ2v) is 12.4. The molecule has 0 unspecified atom stereocenters. The van der Waals surface area contributed by atoms with Gasteiger partial charge in [-0.25, -0.2) is 15.0 Å². The number of amides is 1. The number of benzene rings is 2. The first kappa shape index (κ1) is 28.9. The Hall–Kier alpha value is -4.86. The lowest BCUT2D eigenvalue weighted by Gasteiger charge is -2.31. The number of piperidine rings is 1. The molecule has 0 bridgehead atoms. The van der Waals surface area contributed by atoms with E-state index in [1.165, 1.54) is 31.5 Å². The number of likely N-dealkylation sites (tertiary alicyclic amines) is 1. The van der Waals surface area contributed by atoms with Crippen molar-refractivity contribution in [1.82, 2.24) is 24.3 Å². The summed E-state index contributed by atoms with van der Waals surface area (Å²) in [4.78, 5) is 30.7. The number of imidazole rings is 1. The average Bonchev–Trinajstić information content (AvgIpc) is 3.73. The highest BCUT2D eigenvalue weighted by atomic mass is 32.1. The zero-order chi connectivity index (χ0) is 30.6. The van der Waals surface area contributed by atoms with Gasteiger partial charge in [0.05, 0.1) is 23.5 Å². The Balaban J connectivity index is 1.14. The van der Waals surface area contributed by atoms with Gasteiger partial charge in [-0.1, -0.05) is 43.3 Å². The summed E-state index contributed by atoms with van der Waals surface area (Å²) in [5.74, 6) is 1.08. The molecule has 2 aromatic carbocycles. The first-order chi connectivity index (χ1) is 22.1. The molecule has 1 aliphatic heterocycles. The Bertz CT molecular complexity index is 1910. The fourth-order valence-corrected chi connectivity index (χ4v) is 6.77. The van der Waals surface area contributed by atoms with Crippen LogP contribution in [0.1, 0.15) is 36.1 Å². The third-order valence-electron chi connectivity index (χ3n) is 8.44. The molecule has 4 aromatic heterocycles. The highest BCUT2D eigenvalue weighted by Gasteiger charge is 2.20. The van der Waals surface area contributed by atoms with Crippen molar-refractivity contribution in [2.45, 2.75) is 32.1 Å². The van der Waals surface area contributed by atoms with Crippen molar-refractivity contribution in [1.29, 1.82) is 0 Å². The molecule has 8 nitrogen and oxygen atoms in total. The zero-order valence-corrected chi connectivity index (χ0v) is 26.0. The lowest BCUT2D eigenvalue weighted by Crippen LogP contribution is -2.32. The Morgan fingerprint density at radius 3 is 2.60 bits per heavy atom. The van der Waals surface area contributed by atoms with Gasteiger partial charge < -0.3 is 15.5 Å². The van der Waals surface area contributed by atoms with Crippen LogP contribution in [0.5, 0.6) is 0 Å². The normalized spacial score (nSPS) is 14.1. The highest BCUT2D eigenvalue weighted by Crippen LogP contribution is 2.34.